The van der Waals surface area contributed by atoms with Gasteiger partial charge >= 0.3 is 0 Å². The molecule has 2 aromatic rings. The molecule has 98 valence electrons. The molecule has 0 amide bonds. The number of aliphatic hydroxyl groups excluding tert-OH is 1. The lowest BCUT2D eigenvalue weighted by Crippen LogP contribution is -2.23. The maximum atomic E-state index is 9.44. The van der Waals surface area contributed by atoms with Crippen molar-refractivity contribution in [2.75, 3.05) is 18.5 Å². The van der Waals surface area contributed by atoms with Gasteiger partial charge in [0, 0.05) is 31.1 Å². The molecule has 2 heterocycles. The molecular formula is C13H19N3OS. The zero-order valence-corrected chi connectivity index (χ0v) is 11.9. The molecule has 0 aliphatic rings. The molecule has 4 nitrogen and oxygen atoms in total. The maximum absolute atomic E-state index is 9.44. The molecule has 0 spiro atoms. The third kappa shape index (κ3) is 2.57. The molecule has 0 aromatic carbocycles. The number of aromatic nitrogens is 2. The van der Waals surface area contributed by atoms with Crippen LogP contribution >= 0.6 is 11.3 Å². The van der Waals surface area contributed by atoms with Crippen molar-refractivity contribution in [3.63, 3.8) is 0 Å². The third-order valence-electron chi connectivity index (χ3n) is 3.11. The molecule has 1 N–H and O–H groups in total. The first-order chi connectivity index (χ1) is 8.63. The summed E-state index contributed by atoms with van der Waals surface area (Å²) in [7, 11) is 3.96. The van der Waals surface area contributed by atoms with E-state index >= 15 is 0 Å². The fraction of sp³-hybridized carbons (Fsp3) is 0.462. The van der Waals surface area contributed by atoms with E-state index < -0.39 is 0 Å². The second-order valence-electron chi connectivity index (χ2n) is 4.42. The Kier molecular flexibility index (Phi) is 4.04. The minimum atomic E-state index is 0.0400. The number of hydrogen-bond donors (Lipinski definition) is 1. The van der Waals surface area contributed by atoms with E-state index in [9.17, 15) is 5.11 Å². The fourth-order valence-electron chi connectivity index (χ4n) is 2.19. The Labute approximate surface area is 111 Å². The van der Waals surface area contributed by atoms with Crippen LogP contribution in [0.5, 0.6) is 0 Å². The summed E-state index contributed by atoms with van der Waals surface area (Å²) in [5.74, 6) is 1.01. The Balaban J connectivity index is 2.11. The molecule has 5 heteroatoms. The predicted molar refractivity (Wildman–Crippen MR) is 75.2 cm³/mol. The lowest BCUT2D eigenvalue weighted by molar-refractivity contribution is 0.281. The van der Waals surface area contributed by atoms with Gasteiger partial charge in [-0.1, -0.05) is 6.07 Å². The van der Waals surface area contributed by atoms with Crippen molar-refractivity contribution in [3.8, 4) is 0 Å². The average molecular weight is 265 g/mol. The van der Waals surface area contributed by atoms with Gasteiger partial charge in [-0.15, -0.1) is 11.3 Å². The van der Waals surface area contributed by atoms with Gasteiger partial charge in [0.1, 0.15) is 5.82 Å². The molecule has 0 fully saturated rings. The summed E-state index contributed by atoms with van der Waals surface area (Å²) < 4.78 is 1.84. The molecule has 0 aliphatic carbocycles. The molecule has 0 saturated carbocycles. The van der Waals surface area contributed by atoms with Gasteiger partial charge < -0.3 is 10.0 Å². The fourth-order valence-corrected chi connectivity index (χ4v) is 2.89. The van der Waals surface area contributed by atoms with Gasteiger partial charge in [0.2, 0.25) is 0 Å². The van der Waals surface area contributed by atoms with E-state index in [1.54, 1.807) is 11.3 Å². The van der Waals surface area contributed by atoms with Gasteiger partial charge in [-0.25, -0.2) is 0 Å². The Morgan fingerprint density at radius 2 is 2.28 bits per heavy atom. The first-order valence-corrected chi connectivity index (χ1v) is 6.88. The smallest absolute Gasteiger partial charge is 0.132 e. The molecular weight excluding hydrogens is 246 g/mol. The summed E-state index contributed by atoms with van der Waals surface area (Å²) in [6, 6.07) is 4.23. The van der Waals surface area contributed by atoms with Crippen LogP contribution in [0.2, 0.25) is 0 Å². The SMILES string of the molecule is Cc1nn(C)c(N(C)CCc2cccs2)c1CO. The largest absolute Gasteiger partial charge is 0.391 e. The third-order valence-corrected chi connectivity index (χ3v) is 4.04. The minimum absolute atomic E-state index is 0.0400. The van der Waals surface area contributed by atoms with E-state index in [1.165, 1.54) is 4.88 Å². The zero-order valence-electron chi connectivity index (χ0n) is 11.1. The van der Waals surface area contributed by atoms with E-state index in [0.717, 1.165) is 30.0 Å². The molecule has 0 unspecified atom stereocenters. The van der Waals surface area contributed by atoms with Crippen molar-refractivity contribution in [1.29, 1.82) is 0 Å². The van der Waals surface area contributed by atoms with Crippen LogP contribution in [0.25, 0.3) is 0 Å². The summed E-state index contributed by atoms with van der Waals surface area (Å²) in [5, 5.41) is 15.9. The first-order valence-electron chi connectivity index (χ1n) is 6.00. The Morgan fingerprint density at radius 1 is 1.50 bits per heavy atom. The Bertz CT molecular complexity index is 505. The van der Waals surface area contributed by atoms with Crippen LogP contribution in [-0.4, -0.2) is 28.5 Å². The topological polar surface area (TPSA) is 41.3 Å². The number of aliphatic hydroxyl groups is 1. The van der Waals surface area contributed by atoms with E-state index in [0.29, 0.717) is 0 Å². The second kappa shape index (κ2) is 5.54. The van der Waals surface area contributed by atoms with Crippen molar-refractivity contribution in [2.24, 2.45) is 7.05 Å². The number of nitrogens with zero attached hydrogens (tertiary/aromatic N) is 3. The van der Waals surface area contributed by atoms with Gasteiger partial charge in [0.25, 0.3) is 0 Å². The second-order valence-corrected chi connectivity index (χ2v) is 5.45. The van der Waals surface area contributed by atoms with Crippen molar-refractivity contribution in [3.05, 3.63) is 33.6 Å². The molecule has 0 aliphatic heterocycles. The lowest BCUT2D eigenvalue weighted by Gasteiger charge is -2.20. The van der Waals surface area contributed by atoms with Gasteiger partial charge in [0.05, 0.1) is 12.3 Å². The van der Waals surface area contributed by atoms with Crippen LogP contribution in [0.4, 0.5) is 5.82 Å². The van der Waals surface area contributed by atoms with Crippen molar-refractivity contribution in [1.82, 2.24) is 9.78 Å². The van der Waals surface area contributed by atoms with Crippen molar-refractivity contribution >= 4 is 17.2 Å². The monoisotopic (exact) mass is 265 g/mol. The molecule has 2 aromatic heterocycles. The molecule has 0 radical (unpaired) electrons. The number of rotatable bonds is 5. The first kappa shape index (κ1) is 13.1. The van der Waals surface area contributed by atoms with E-state index in [2.05, 4.69) is 27.5 Å². The number of likely N-dealkylation sites (N-methyl/N-ethyl adjacent to an activating group) is 1. The highest BCUT2D eigenvalue weighted by Gasteiger charge is 2.15. The molecule has 18 heavy (non-hydrogen) atoms. The summed E-state index contributed by atoms with van der Waals surface area (Å²) in [4.78, 5) is 3.54. The van der Waals surface area contributed by atoms with Gasteiger partial charge in [-0.05, 0) is 24.8 Å². The van der Waals surface area contributed by atoms with Crippen molar-refractivity contribution in [2.45, 2.75) is 20.0 Å². The number of anilines is 1. The number of hydrogen-bond acceptors (Lipinski definition) is 4. The van der Waals surface area contributed by atoms with Crippen LogP contribution in [0.3, 0.4) is 0 Å². The summed E-state index contributed by atoms with van der Waals surface area (Å²) in [5.41, 5.74) is 1.82. The van der Waals surface area contributed by atoms with Gasteiger partial charge in [0.15, 0.2) is 0 Å². The van der Waals surface area contributed by atoms with Crippen molar-refractivity contribution < 1.29 is 5.11 Å². The van der Waals surface area contributed by atoms with E-state index in [1.807, 2.05) is 25.7 Å². The quantitative estimate of drug-likeness (QED) is 0.898. The van der Waals surface area contributed by atoms with Crippen LogP contribution in [0.15, 0.2) is 17.5 Å². The summed E-state index contributed by atoms with van der Waals surface area (Å²) in [6.45, 7) is 2.90. The standard InChI is InChI=1S/C13H19N3OS/c1-10-12(9-17)13(16(3)14-10)15(2)7-6-11-5-4-8-18-11/h4-5,8,17H,6-7,9H2,1-3H3. The van der Waals surface area contributed by atoms with Crippen LogP contribution in [0, 0.1) is 6.92 Å². The summed E-state index contributed by atoms with van der Waals surface area (Å²) in [6.07, 6.45) is 1.02. The number of aryl methyl sites for hydroxylation is 2. The number of thiophene rings is 1. The Hall–Kier alpha value is -1.33. The average Bonchev–Trinajstić information content (AvgIpc) is 2.93. The van der Waals surface area contributed by atoms with E-state index in [4.69, 9.17) is 0 Å². The lowest BCUT2D eigenvalue weighted by atomic mass is 10.2. The zero-order chi connectivity index (χ0) is 13.1. The highest BCUT2D eigenvalue weighted by atomic mass is 32.1. The summed E-state index contributed by atoms with van der Waals surface area (Å²) >= 11 is 1.78. The molecule has 0 atom stereocenters. The van der Waals surface area contributed by atoms with Crippen LogP contribution < -0.4 is 4.90 Å². The minimum Gasteiger partial charge on any atom is -0.391 e. The maximum Gasteiger partial charge on any atom is 0.132 e. The van der Waals surface area contributed by atoms with Gasteiger partial charge in [-0.2, -0.15) is 5.10 Å². The highest BCUT2D eigenvalue weighted by molar-refractivity contribution is 7.09. The van der Waals surface area contributed by atoms with Crippen LogP contribution in [-0.2, 0) is 20.1 Å². The molecule has 0 bridgehead atoms. The Morgan fingerprint density at radius 3 is 2.89 bits per heavy atom. The van der Waals surface area contributed by atoms with E-state index in [-0.39, 0.29) is 6.61 Å². The van der Waals surface area contributed by atoms with Crippen LogP contribution in [0.1, 0.15) is 16.1 Å². The molecule has 0 saturated heterocycles. The van der Waals surface area contributed by atoms with Gasteiger partial charge in [-0.3, -0.25) is 4.68 Å². The highest BCUT2D eigenvalue weighted by Crippen LogP contribution is 2.22. The predicted octanol–water partition coefficient (Wildman–Crippen LogP) is 1.96. The molecule has 2 rings (SSSR count). The normalized spacial score (nSPS) is 10.9.